The summed E-state index contributed by atoms with van der Waals surface area (Å²) in [5.41, 5.74) is 2.72. The van der Waals surface area contributed by atoms with E-state index >= 15 is 0 Å². The molecular weight excluding hydrogens is 432 g/mol. The second kappa shape index (κ2) is 8.71. The Kier molecular flexibility index (Phi) is 5.83. The number of esters is 1. The topological polar surface area (TPSA) is 67.9 Å². The molecule has 1 saturated heterocycles. The number of carbonyl (C=O) groups is 2. The van der Waals surface area contributed by atoms with Gasteiger partial charge < -0.3 is 14.8 Å². The van der Waals surface area contributed by atoms with Gasteiger partial charge in [-0.1, -0.05) is 30.3 Å². The highest BCUT2D eigenvalue weighted by Crippen LogP contribution is 2.31. The summed E-state index contributed by atoms with van der Waals surface area (Å²) < 4.78 is 10.8. The fraction of sp³-hybridized carbons (Fsp3) is 0.0870. The zero-order chi connectivity index (χ0) is 22.0. The van der Waals surface area contributed by atoms with E-state index in [4.69, 9.17) is 21.7 Å². The van der Waals surface area contributed by atoms with E-state index in [2.05, 4.69) is 5.32 Å². The highest BCUT2D eigenvalue weighted by molar-refractivity contribution is 7.80. The molecule has 1 fully saturated rings. The Balaban J connectivity index is 1.59. The van der Waals surface area contributed by atoms with Crippen LogP contribution in [0, 0.1) is 6.92 Å². The fourth-order valence-electron chi connectivity index (χ4n) is 3.14. The predicted octanol–water partition coefficient (Wildman–Crippen LogP) is 4.55. The van der Waals surface area contributed by atoms with Crippen LogP contribution in [0.3, 0.4) is 0 Å². The number of hydrogen-bond acceptors (Lipinski definition) is 6. The number of carbonyl (C=O) groups excluding carboxylic acids is 2. The molecule has 2 aromatic carbocycles. The number of anilines is 1. The minimum Gasteiger partial charge on any atom is -0.493 e. The quantitative estimate of drug-likeness (QED) is 0.266. The van der Waals surface area contributed by atoms with E-state index in [1.54, 1.807) is 41.8 Å². The number of para-hydroxylation sites is 1. The Labute approximate surface area is 188 Å². The number of thiophene rings is 1. The number of benzene rings is 2. The van der Waals surface area contributed by atoms with Crippen molar-refractivity contribution in [1.29, 1.82) is 0 Å². The molecule has 4 rings (SSSR count). The van der Waals surface area contributed by atoms with Gasteiger partial charge in [-0.3, -0.25) is 9.69 Å². The molecular formula is C23H18N2O4S2. The van der Waals surface area contributed by atoms with Crippen LogP contribution in [0.5, 0.6) is 11.5 Å². The van der Waals surface area contributed by atoms with Gasteiger partial charge in [0.15, 0.2) is 16.6 Å². The molecule has 0 saturated carbocycles. The molecule has 6 nitrogen and oxygen atoms in total. The van der Waals surface area contributed by atoms with Crippen LogP contribution in [0.1, 0.15) is 20.8 Å². The van der Waals surface area contributed by atoms with Crippen LogP contribution in [0.2, 0.25) is 0 Å². The van der Waals surface area contributed by atoms with Crippen LogP contribution in [-0.2, 0) is 4.79 Å². The summed E-state index contributed by atoms with van der Waals surface area (Å²) >= 11 is 6.68. The van der Waals surface area contributed by atoms with Crippen molar-refractivity contribution in [2.75, 3.05) is 12.0 Å². The number of thiocarbonyl (C=S) groups is 1. The number of amides is 1. The van der Waals surface area contributed by atoms with Crippen molar-refractivity contribution in [3.05, 3.63) is 81.7 Å². The van der Waals surface area contributed by atoms with Crippen molar-refractivity contribution in [3.8, 4) is 11.5 Å². The lowest BCUT2D eigenvalue weighted by Crippen LogP contribution is -2.30. The van der Waals surface area contributed by atoms with Crippen molar-refractivity contribution in [2.45, 2.75) is 6.92 Å². The van der Waals surface area contributed by atoms with Gasteiger partial charge in [-0.05, 0) is 66.0 Å². The van der Waals surface area contributed by atoms with E-state index in [9.17, 15) is 9.59 Å². The van der Waals surface area contributed by atoms with E-state index < -0.39 is 5.97 Å². The summed E-state index contributed by atoms with van der Waals surface area (Å²) in [4.78, 5) is 27.2. The summed E-state index contributed by atoms with van der Waals surface area (Å²) in [5.74, 6) is -0.0217. The Morgan fingerprint density at radius 1 is 1.13 bits per heavy atom. The van der Waals surface area contributed by atoms with E-state index in [0.29, 0.717) is 32.7 Å². The average Bonchev–Trinajstić information content (AvgIpc) is 3.39. The summed E-state index contributed by atoms with van der Waals surface area (Å²) in [7, 11) is 1.49. The Morgan fingerprint density at radius 2 is 1.94 bits per heavy atom. The molecule has 8 heteroatoms. The van der Waals surface area contributed by atoms with Crippen LogP contribution in [0.15, 0.2) is 65.7 Å². The Hall–Kier alpha value is -3.49. The second-order valence-electron chi connectivity index (χ2n) is 6.69. The van der Waals surface area contributed by atoms with Gasteiger partial charge in [0.25, 0.3) is 5.91 Å². The molecule has 2 heterocycles. The fourth-order valence-corrected chi connectivity index (χ4v) is 4.03. The highest BCUT2D eigenvalue weighted by Gasteiger charge is 2.32. The summed E-state index contributed by atoms with van der Waals surface area (Å²) in [5, 5.41) is 5.10. The molecule has 1 aliphatic rings. The van der Waals surface area contributed by atoms with Crippen LogP contribution >= 0.6 is 23.6 Å². The number of rotatable bonds is 5. The maximum absolute atomic E-state index is 13.0. The second-order valence-corrected chi connectivity index (χ2v) is 8.03. The lowest BCUT2D eigenvalue weighted by molar-refractivity contribution is -0.113. The molecule has 1 aromatic heterocycles. The number of nitrogens with one attached hydrogen (secondary N) is 1. The first-order valence-electron chi connectivity index (χ1n) is 9.34. The zero-order valence-electron chi connectivity index (χ0n) is 16.7. The molecule has 0 unspecified atom stereocenters. The van der Waals surface area contributed by atoms with Gasteiger partial charge in [-0.2, -0.15) is 0 Å². The molecule has 0 radical (unpaired) electrons. The normalized spacial score (nSPS) is 14.6. The maximum atomic E-state index is 13.0. The number of hydrogen-bond donors (Lipinski definition) is 1. The Bertz CT molecular complexity index is 1200. The summed E-state index contributed by atoms with van der Waals surface area (Å²) in [6.07, 6.45) is 1.68. The van der Waals surface area contributed by atoms with Gasteiger partial charge in [-0.15, -0.1) is 11.3 Å². The average molecular weight is 451 g/mol. The molecule has 0 spiro atoms. The molecule has 1 amide bonds. The standard InChI is InChI=1S/C23H18N2O4S2/c1-14-6-3-4-7-17(14)25-21(26)16(24-23(25)30)12-15-9-10-18(19(13-15)28-2)29-22(27)20-8-5-11-31-20/h3-13H,1-2H3,(H,24,30)/b16-12-. The summed E-state index contributed by atoms with van der Waals surface area (Å²) in [6, 6.07) is 16.1. The predicted molar refractivity (Wildman–Crippen MR) is 125 cm³/mol. The minimum absolute atomic E-state index is 0.244. The van der Waals surface area contributed by atoms with Gasteiger partial charge in [0.2, 0.25) is 0 Å². The molecule has 0 bridgehead atoms. The SMILES string of the molecule is COc1cc(/C=C2\NC(=S)N(c3ccccc3C)C2=O)ccc1OC(=O)c1cccs1. The zero-order valence-corrected chi connectivity index (χ0v) is 18.4. The molecule has 3 aromatic rings. The van der Waals surface area contributed by atoms with Gasteiger partial charge in [0.1, 0.15) is 10.6 Å². The smallest absolute Gasteiger partial charge is 0.353 e. The maximum Gasteiger partial charge on any atom is 0.353 e. The molecule has 31 heavy (non-hydrogen) atoms. The van der Waals surface area contributed by atoms with Gasteiger partial charge in [0.05, 0.1) is 12.8 Å². The third-order valence-corrected chi connectivity index (χ3v) is 5.79. The lowest BCUT2D eigenvalue weighted by Gasteiger charge is -2.16. The highest BCUT2D eigenvalue weighted by atomic mass is 32.1. The van der Waals surface area contributed by atoms with E-state index in [1.165, 1.54) is 23.3 Å². The Morgan fingerprint density at radius 3 is 2.65 bits per heavy atom. The monoisotopic (exact) mass is 450 g/mol. The van der Waals surface area contributed by atoms with Crippen molar-refractivity contribution >= 4 is 52.3 Å². The summed E-state index contributed by atoms with van der Waals surface area (Å²) in [6.45, 7) is 1.92. The number of methoxy groups -OCH3 is 1. The van der Waals surface area contributed by atoms with Crippen molar-refractivity contribution in [2.24, 2.45) is 0 Å². The van der Waals surface area contributed by atoms with Crippen LogP contribution < -0.4 is 19.7 Å². The van der Waals surface area contributed by atoms with Gasteiger partial charge >= 0.3 is 5.97 Å². The van der Waals surface area contributed by atoms with Crippen molar-refractivity contribution < 1.29 is 19.1 Å². The van der Waals surface area contributed by atoms with E-state index in [1.807, 2.05) is 31.2 Å². The van der Waals surface area contributed by atoms with Crippen molar-refractivity contribution in [1.82, 2.24) is 5.32 Å². The molecule has 0 atom stereocenters. The van der Waals surface area contributed by atoms with E-state index in [-0.39, 0.29) is 5.91 Å². The number of aryl methyl sites for hydroxylation is 1. The van der Waals surface area contributed by atoms with E-state index in [0.717, 1.165) is 11.3 Å². The first-order chi connectivity index (χ1) is 15.0. The first kappa shape index (κ1) is 20.8. The molecule has 1 aliphatic heterocycles. The largest absolute Gasteiger partial charge is 0.493 e. The molecule has 156 valence electrons. The third kappa shape index (κ3) is 4.21. The third-order valence-electron chi connectivity index (χ3n) is 4.66. The van der Waals surface area contributed by atoms with Gasteiger partial charge in [0, 0.05) is 0 Å². The van der Waals surface area contributed by atoms with Crippen LogP contribution in [0.25, 0.3) is 6.08 Å². The number of nitrogens with zero attached hydrogens (tertiary/aromatic N) is 1. The minimum atomic E-state index is -0.453. The van der Waals surface area contributed by atoms with Crippen LogP contribution in [0.4, 0.5) is 5.69 Å². The lowest BCUT2D eigenvalue weighted by atomic mass is 10.1. The van der Waals surface area contributed by atoms with Crippen molar-refractivity contribution in [3.63, 3.8) is 0 Å². The molecule has 0 aliphatic carbocycles. The van der Waals surface area contributed by atoms with Gasteiger partial charge in [-0.25, -0.2) is 4.79 Å². The number of ether oxygens (including phenoxy) is 2. The van der Waals surface area contributed by atoms with Crippen LogP contribution in [-0.4, -0.2) is 24.1 Å². The molecule has 1 N–H and O–H groups in total. The first-order valence-corrected chi connectivity index (χ1v) is 10.6.